The molecule has 1 saturated heterocycles. The maximum absolute atomic E-state index is 12.4. The second-order valence-corrected chi connectivity index (χ2v) is 6.47. The third kappa shape index (κ3) is 2.53. The highest BCUT2D eigenvalue weighted by atomic mass is 16.6. The molecule has 10 heteroatoms. The van der Waals surface area contributed by atoms with Gasteiger partial charge in [0.25, 0.3) is 0 Å². The normalized spacial score (nSPS) is 25.7. The van der Waals surface area contributed by atoms with E-state index in [0.717, 1.165) is 7.11 Å². The predicted octanol–water partition coefficient (Wildman–Crippen LogP) is 0.923. The highest BCUT2D eigenvalue weighted by Gasteiger charge is 2.57. The van der Waals surface area contributed by atoms with Crippen molar-refractivity contribution in [3.63, 3.8) is 0 Å². The molecule has 2 N–H and O–H groups in total. The van der Waals surface area contributed by atoms with Crippen molar-refractivity contribution < 1.29 is 48.0 Å². The van der Waals surface area contributed by atoms with E-state index < -0.39 is 47.9 Å². The van der Waals surface area contributed by atoms with Crippen molar-refractivity contribution in [3.05, 3.63) is 34.9 Å². The van der Waals surface area contributed by atoms with E-state index in [9.17, 15) is 29.4 Å². The number of hydrogen-bond donors (Lipinski definition) is 2. The number of aliphatic carboxylic acids is 1. The molecule has 4 rings (SSSR count). The van der Waals surface area contributed by atoms with Gasteiger partial charge in [0.1, 0.15) is 40.7 Å². The van der Waals surface area contributed by atoms with Gasteiger partial charge in [-0.05, 0) is 23.8 Å². The molecule has 0 aromatic carbocycles. The molecule has 146 valence electrons. The Labute approximate surface area is 156 Å². The van der Waals surface area contributed by atoms with E-state index in [2.05, 4.69) is 4.74 Å². The summed E-state index contributed by atoms with van der Waals surface area (Å²) in [6.07, 6.45) is -0.229. The maximum atomic E-state index is 12.4. The molecule has 10 nitrogen and oxygen atoms in total. The lowest BCUT2D eigenvalue weighted by Crippen LogP contribution is -2.39. The van der Waals surface area contributed by atoms with E-state index in [4.69, 9.17) is 13.9 Å². The number of methoxy groups -OCH3 is 1. The molecule has 2 aliphatic heterocycles. The SMILES string of the molecule is COC(=O)C1C2OC(C=C2COC(=O)c2c(C(=O)O)c3ccc2o3)C1C(=O)O. The Morgan fingerprint density at radius 2 is 1.75 bits per heavy atom. The molecule has 2 aliphatic rings. The van der Waals surface area contributed by atoms with Crippen LogP contribution in [-0.4, -0.2) is 60.0 Å². The molecule has 0 spiro atoms. The average Bonchev–Trinajstić information content (AvgIpc) is 3.42. The van der Waals surface area contributed by atoms with Gasteiger partial charge in [0, 0.05) is 0 Å². The first-order valence-corrected chi connectivity index (χ1v) is 8.25. The zero-order valence-electron chi connectivity index (χ0n) is 14.4. The van der Waals surface area contributed by atoms with Gasteiger partial charge in [0.05, 0.1) is 19.3 Å². The Balaban J connectivity index is 1.52. The Morgan fingerprint density at radius 3 is 2.36 bits per heavy atom. The third-order valence-corrected chi connectivity index (χ3v) is 5.01. The highest BCUT2D eigenvalue weighted by molar-refractivity contribution is 6.12. The van der Waals surface area contributed by atoms with Gasteiger partial charge in [-0.25, -0.2) is 9.59 Å². The van der Waals surface area contributed by atoms with Gasteiger partial charge in [-0.2, -0.15) is 0 Å². The number of hydrogen-bond acceptors (Lipinski definition) is 8. The minimum atomic E-state index is -1.32. The van der Waals surface area contributed by atoms with Crippen LogP contribution in [0.4, 0.5) is 0 Å². The lowest BCUT2D eigenvalue weighted by molar-refractivity contribution is -0.154. The second-order valence-electron chi connectivity index (χ2n) is 6.47. The van der Waals surface area contributed by atoms with E-state index in [1.165, 1.54) is 18.2 Å². The van der Waals surface area contributed by atoms with Crippen LogP contribution < -0.4 is 0 Å². The minimum absolute atomic E-state index is 0.0620. The van der Waals surface area contributed by atoms with Crippen molar-refractivity contribution in [2.45, 2.75) is 12.2 Å². The summed E-state index contributed by atoms with van der Waals surface area (Å²) in [6.45, 7) is -0.289. The number of ether oxygens (including phenoxy) is 3. The number of carboxylic acid groups (broad SMARTS) is 2. The number of carboxylic acids is 2. The summed E-state index contributed by atoms with van der Waals surface area (Å²) < 4.78 is 20.6. The topological polar surface area (TPSA) is 150 Å². The highest BCUT2D eigenvalue weighted by Crippen LogP contribution is 2.44. The Hall–Kier alpha value is -3.40. The van der Waals surface area contributed by atoms with E-state index in [0.29, 0.717) is 5.57 Å². The Bertz CT molecular complexity index is 1010. The summed E-state index contributed by atoms with van der Waals surface area (Å²) in [5, 5.41) is 18.6. The van der Waals surface area contributed by atoms with E-state index in [1.54, 1.807) is 0 Å². The summed E-state index contributed by atoms with van der Waals surface area (Å²) in [7, 11) is 1.15. The van der Waals surface area contributed by atoms with Gasteiger partial charge in [0.15, 0.2) is 0 Å². The lowest BCUT2D eigenvalue weighted by Gasteiger charge is -2.23. The fraction of sp³-hybridized carbons (Fsp3) is 0.333. The van der Waals surface area contributed by atoms with Gasteiger partial charge in [-0.3, -0.25) is 9.59 Å². The van der Waals surface area contributed by atoms with Crippen molar-refractivity contribution in [2.75, 3.05) is 13.7 Å². The van der Waals surface area contributed by atoms with Gasteiger partial charge < -0.3 is 28.8 Å². The Morgan fingerprint density at radius 1 is 1.07 bits per heavy atom. The van der Waals surface area contributed by atoms with Gasteiger partial charge in [0.2, 0.25) is 0 Å². The molecule has 28 heavy (non-hydrogen) atoms. The molecule has 0 amide bonds. The molecule has 4 heterocycles. The average molecular weight is 390 g/mol. The lowest BCUT2D eigenvalue weighted by atomic mass is 9.79. The van der Waals surface area contributed by atoms with Crippen LogP contribution in [0.5, 0.6) is 0 Å². The minimum Gasteiger partial charge on any atom is -0.481 e. The largest absolute Gasteiger partial charge is 0.481 e. The maximum Gasteiger partial charge on any atom is 0.343 e. The van der Waals surface area contributed by atoms with Crippen molar-refractivity contribution in [3.8, 4) is 0 Å². The molecular weight excluding hydrogens is 376 g/mol. The van der Waals surface area contributed by atoms with Gasteiger partial charge in [-0.15, -0.1) is 0 Å². The van der Waals surface area contributed by atoms with Crippen LogP contribution in [0.1, 0.15) is 20.7 Å². The van der Waals surface area contributed by atoms with E-state index >= 15 is 0 Å². The van der Waals surface area contributed by atoms with Crippen LogP contribution in [0.3, 0.4) is 0 Å². The van der Waals surface area contributed by atoms with Crippen LogP contribution in [0.2, 0.25) is 0 Å². The number of fused-ring (bicyclic) bond motifs is 4. The molecule has 0 saturated carbocycles. The molecule has 4 unspecified atom stereocenters. The van der Waals surface area contributed by atoms with Gasteiger partial charge >= 0.3 is 23.9 Å². The zero-order chi connectivity index (χ0) is 20.2. The van der Waals surface area contributed by atoms with Crippen LogP contribution in [0, 0.1) is 11.8 Å². The van der Waals surface area contributed by atoms with Crippen LogP contribution in [-0.2, 0) is 23.8 Å². The number of aromatic carboxylic acids is 1. The molecule has 0 aliphatic carbocycles. The van der Waals surface area contributed by atoms with Crippen LogP contribution in [0.15, 0.2) is 28.2 Å². The standard InChI is InChI=1S/C18H14O10/c1-25-17(23)13-11(16(21)22)9-4-6(14(13)28-9)5-26-18(24)12-8-3-2-7(27-8)10(12)15(19)20/h2-4,9,11,13-14H,5H2,1H3,(H,19,20)(H,21,22). The number of benzene rings is 1. The summed E-state index contributed by atoms with van der Waals surface area (Å²) in [5.74, 6) is -6.29. The first-order chi connectivity index (χ1) is 13.3. The molecule has 2 aromatic rings. The number of carbonyl (C=O) groups is 4. The molecule has 4 bridgehead atoms. The number of rotatable bonds is 6. The van der Waals surface area contributed by atoms with E-state index in [-0.39, 0.29) is 28.9 Å². The summed E-state index contributed by atoms with van der Waals surface area (Å²) in [4.78, 5) is 47.2. The number of esters is 2. The van der Waals surface area contributed by atoms with Crippen molar-refractivity contribution in [1.82, 2.24) is 0 Å². The van der Waals surface area contributed by atoms with Crippen LogP contribution in [0.25, 0.3) is 11.2 Å². The molecule has 2 aromatic heterocycles. The summed E-state index contributed by atoms with van der Waals surface area (Å²) >= 11 is 0. The molecule has 4 atom stereocenters. The van der Waals surface area contributed by atoms with Crippen molar-refractivity contribution in [2.24, 2.45) is 11.8 Å². The fourth-order valence-corrected chi connectivity index (χ4v) is 3.82. The fourth-order valence-electron chi connectivity index (χ4n) is 3.82. The summed E-state index contributed by atoms with van der Waals surface area (Å²) in [5.41, 5.74) is 0.101. The molecule has 1 fully saturated rings. The van der Waals surface area contributed by atoms with Crippen molar-refractivity contribution >= 4 is 35.0 Å². The molecular formula is C18H14O10. The summed E-state index contributed by atoms with van der Waals surface area (Å²) in [6, 6.07) is 2.90. The quantitative estimate of drug-likeness (QED) is 0.538. The number of carbonyl (C=O) groups excluding carboxylic acids is 2. The molecule has 0 radical (unpaired) electrons. The first-order valence-electron chi connectivity index (χ1n) is 8.25. The van der Waals surface area contributed by atoms with Gasteiger partial charge in [-0.1, -0.05) is 0 Å². The Kier molecular flexibility index (Phi) is 4.07. The first kappa shape index (κ1) is 18.0. The van der Waals surface area contributed by atoms with Crippen LogP contribution >= 0.6 is 0 Å². The third-order valence-electron chi connectivity index (χ3n) is 5.01. The number of furan rings is 2. The predicted molar refractivity (Wildman–Crippen MR) is 88.0 cm³/mol. The smallest absolute Gasteiger partial charge is 0.343 e. The van der Waals surface area contributed by atoms with E-state index in [1.807, 2.05) is 0 Å². The second kappa shape index (κ2) is 6.34. The van der Waals surface area contributed by atoms with Crippen molar-refractivity contribution in [1.29, 1.82) is 0 Å². The monoisotopic (exact) mass is 390 g/mol. The zero-order valence-corrected chi connectivity index (χ0v) is 14.4.